The van der Waals surface area contributed by atoms with Gasteiger partial charge < -0.3 is 0 Å². The van der Waals surface area contributed by atoms with Crippen molar-refractivity contribution in [3.63, 3.8) is 0 Å². The van der Waals surface area contributed by atoms with E-state index < -0.39 is 0 Å². The van der Waals surface area contributed by atoms with Crippen LogP contribution in [0.25, 0.3) is 41.7 Å². The second-order valence-corrected chi connectivity index (χ2v) is 9.84. The molecule has 1 heterocycles. The second-order valence-electron chi connectivity index (χ2n) is 8.76. The Morgan fingerprint density at radius 1 is 0.714 bits per heavy atom. The van der Waals surface area contributed by atoms with Crippen LogP contribution >= 0.6 is 11.3 Å². The minimum absolute atomic E-state index is 0.0729. The molecular weight excluding hydrogens is 360 g/mol. The molecule has 5 rings (SSSR count). The van der Waals surface area contributed by atoms with E-state index >= 15 is 0 Å². The molecule has 0 fully saturated rings. The van der Waals surface area contributed by atoms with Crippen LogP contribution in [0.4, 0.5) is 0 Å². The minimum Gasteiger partial charge on any atom is -0.289 e. The van der Waals surface area contributed by atoms with E-state index in [2.05, 4.69) is 75.4 Å². The molecule has 0 amide bonds. The summed E-state index contributed by atoms with van der Waals surface area (Å²) in [6.07, 6.45) is 0. The summed E-state index contributed by atoms with van der Waals surface area (Å²) in [4.78, 5) is 13.2. The van der Waals surface area contributed by atoms with Gasteiger partial charge in [-0.3, -0.25) is 4.79 Å². The number of aryl methyl sites for hydroxylation is 1. The zero-order valence-electron chi connectivity index (χ0n) is 16.6. The Bertz CT molecular complexity index is 1470. The molecule has 4 aromatic carbocycles. The first-order valence-corrected chi connectivity index (χ1v) is 10.5. The summed E-state index contributed by atoms with van der Waals surface area (Å²) < 4.78 is 2.11. The van der Waals surface area contributed by atoms with E-state index in [1.165, 1.54) is 21.7 Å². The maximum absolute atomic E-state index is 13.2. The zero-order chi connectivity index (χ0) is 19.6. The predicted octanol–water partition coefficient (Wildman–Crippen LogP) is 7.33. The van der Waals surface area contributed by atoms with Crippen molar-refractivity contribution in [1.82, 2.24) is 0 Å². The summed E-state index contributed by atoms with van der Waals surface area (Å²) in [5.74, 6) is 0. The number of rotatable bonds is 0. The van der Waals surface area contributed by atoms with Crippen molar-refractivity contribution in [3.05, 3.63) is 82.0 Å². The summed E-state index contributed by atoms with van der Waals surface area (Å²) >= 11 is 1.70. The Kier molecular flexibility index (Phi) is 3.66. The molecule has 0 saturated carbocycles. The van der Waals surface area contributed by atoms with Gasteiger partial charge in [0.2, 0.25) is 0 Å². The first-order valence-electron chi connectivity index (χ1n) is 9.65. The number of hydrogen-bond acceptors (Lipinski definition) is 2. The molecule has 0 aliphatic carbocycles. The third-order valence-electron chi connectivity index (χ3n) is 5.59. The van der Waals surface area contributed by atoms with Gasteiger partial charge in [-0.1, -0.05) is 50.6 Å². The largest absolute Gasteiger partial charge is 0.289 e. The predicted molar refractivity (Wildman–Crippen MR) is 124 cm³/mol. The van der Waals surface area contributed by atoms with Gasteiger partial charge in [0.25, 0.3) is 0 Å². The monoisotopic (exact) mass is 382 g/mol. The van der Waals surface area contributed by atoms with Gasteiger partial charge in [0, 0.05) is 20.2 Å². The van der Waals surface area contributed by atoms with Crippen LogP contribution < -0.4 is 5.43 Å². The summed E-state index contributed by atoms with van der Waals surface area (Å²) in [5, 5.41) is 6.50. The van der Waals surface area contributed by atoms with Gasteiger partial charge in [-0.05, 0) is 75.8 Å². The summed E-state index contributed by atoms with van der Waals surface area (Å²) in [6, 6.07) is 21.5. The number of fused-ring (bicyclic) bond motifs is 4. The van der Waals surface area contributed by atoms with Crippen molar-refractivity contribution in [2.75, 3.05) is 0 Å². The Morgan fingerprint density at radius 3 is 2.21 bits per heavy atom. The highest BCUT2D eigenvalue weighted by Gasteiger charge is 2.17. The molecule has 0 unspecified atom stereocenters. The van der Waals surface area contributed by atoms with Gasteiger partial charge in [0.15, 0.2) is 5.43 Å². The molecule has 0 atom stereocenters. The highest BCUT2D eigenvalue weighted by molar-refractivity contribution is 7.24. The lowest BCUT2D eigenvalue weighted by Crippen LogP contribution is -2.11. The van der Waals surface area contributed by atoms with E-state index in [4.69, 9.17) is 0 Å². The highest BCUT2D eigenvalue weighted by atomic mass is 32.1. The fourth-order valence-electron chi connectivity index (χ4n) is 4.15. The van der Waals surface area contributed by atoms with Crippen molar-refractivity contribution in [3.8, 4) is 0 Å². The zero-order valence-corrected chi connectivity index (χ0v) is 17.4. The maximum atomic E-state index is 13.2. The van der Waals surface area contributed by atoms with Crippen LogP contribution in [0.2, 0.25) is 0 Å². The average Bonchev–Trinajstić information content (AvgIpc) is 2.65. The lowest BCUT2D eigenvalue weighted by molar-refractivity contribution is 0.596. The molecule has 0 aliphatic heterocycles. The molecule has 5 aromatic rings. The second kappa shape index (κ2) is 5.89. The first kappa shape index (κ1) is 17.4. The van der Waals surface area contributed by atoms with E-state index in [-0.39, 0.29) is 10.8 Å². The molecule has 0 spiro atoms. The Balaban J connectivity index is 1.91. The van der Waals surface area contributed by atoms with E-state index in [1.54, 1.807) is 11.3 Å². The Morgan fingerprint density at radius 2 is 1.43 bits per heavy atom. The van der Waals surface area contributed by atoms with Crippen LogP contribution in [-0.4, -0.2) is 0 Å². The molecular formula is C26H22OS. The van der Waals surface area contributed by atoms with Gasteiger partial charge in [0.1, 0.15) is 0 Å². The molecule has 2 heteroatoms. The summed E-state index contributed by atoms with van der Waals surface area (Å²) in [5.41, 5.74) is 2.67. The van der Waals surface area contributed by atoms with Gasteiger partial charge in [0.05, 0.1) is 0 Å². The normalized spacial score (nSPS) is 12.4. The molecule has 138 valence electrons. The molecule has 0 aliphatic rings. The van der Waals surface area contributed by atoms with Gasteiger partial charge >= 0.3 is 0 Å². The lowest BCUT2D eigenvalue weighted by atomic mass is 9.83. The topological polar surface area (TPSA) is 17.1 Å². The SMILES string of the molecule is Cc1ccc2sc3cc4cc5cccc(C(C)(C)C)c5cc4cc3c(=O)c2c1. The third kappa shape index (κ3) is 2.63. The summed E-state index contributed by atoms with van der Waals surface area (Å²) in [7, 11) is 0. The molecule has 0 radical (unpaired) electrons. The van der Waals surface area contributed by atoms with Crippen molar-refractivity contribution >= 4 is 53.1 Å². The van der Waals surface area contributed by atoms with Crippen LogP contribution in [0.15, 0.2) is 65.5 Å². The fraction of sp³-hybridized carbons (Fsp3) is 0.192. The van der Waals surface area contributed by atoms with E-state index in [1.807, 2.05) is 13.0 Å². The van der Waals surface area contributed by atoms with E-state index in [0.29, 0.717) is 0 Å². The molecule has 1 nitrogen and oxygen atoms in total. The van der Waals surface area contributed by atoms with Crippen LogP contribution in [0.3, 0.4) is 0 Å². The Hall–Kier alpha value is -2.71. The minimum atomic E-state index is 0.0729. The van der Waals surface area contributed by atoms with Crippen LogP contribution in [0.5, 0.6) is 0 Å². The van der Waals surface area contributed by atoms with Crippen molar-refractivity contribution in [1.29, 1.82) is 0 Å². The lowest BCUT2D eigenvalue weighted by Gasteiger charge is -2.21. The smallest absolute Gasteiger partial charge is 0.195 e. The average molecular weight is 383 g/mol. The van der Waals surface area contributed by atoms with Gasteiger partial charge in [-0.25, -0.2) is 0 Å². The third-order valence-corrected chi connectivity index (χ3v) is 6.72. The highest BCUT2D eigenvalue weighted by Crippen LogP contribution is 2.35. The molecule has 28 heavy (non-hydrogen) atoms. The van der Waals surface area contributed by atoms with E-state index in [9.17, 15) is 4.79 Å². The van der Waals surface area contributed by atoms with Crippen LogP contribution in [-0.2, 0) is 5.41 Å². The molecule has 1 aromatic heterocycles. The molecule has 0 N–H and O–H groups in total. The van der Waals surface area contributed by atoms with Crippen molar-refractivity contribution in [2.24, 2.45) is 0 Å². The maximum Gasteiger partial charge on any atom is 0.195 e. The fourth-order valence-corrected chi connectivity index (χ4v) is 5.23. The first-order chi connectivity index (χ1) is 13.3. The van der Waals surface area contributed by atoms with E-state index in [0.717, 1.165) is 31.1 Å². The standard InChI is InChI=1S/C26H22OS/c1-15-8-9-23-20(10-15)25(27)21-13-18-12-19-16(11-17(18)14-24(21)28-23)6-5-7-22(19)26(2,3)4/h5-14H,1-4H3. The van der Waals surface area contributed by atoms with Crippen molar-refractivity contribution < 1.29 is 0 Å². The van der Waals surface area contributed by atoms with Gasteiger partial charge in [-0.15, -0.1) is 11.3 Å². The molecule has 0 bridgehead atoms. The Labute approximate surface area is 168 Å². The quantitative estimate of drug-likeness (QED) is 0.256. The van der Waals surface area contributed by atoms with Crippen LogP contribution in [0, 0.1) is 6.92 Å². The van der Waals surface area contributed by atoms with Crippen molar-refractivity contribution in [2.45, 2.75) is 33.1 Å². The van der Waals surface area contributed by atoms with Gasteiger partial charge in [-0.2, -0.15) is 0 Å². The van der Waals surface area contributed by atoms with Crippen LogP contribution in [0.1, 0.15) is 31.9 Å². The number of hydrogen-bond donors (Lipinski definition) is 0. The summed E-state index contributed by atoms with van der Waals surface area (Å²) in [6.45, 7) is 8.78. The number of benzene rings is 4. The molecule has 0 saturated heterocycles.